The van der Waals surface area contributed by atoms with Gasteiger partial charge in [-0.15, -0.1) is 0 Å². The number of aromatic nitrogens is 2. The number of nitrogens with zero attached hydrogens (tertiary/aromatic N) is 2. The zero-order chi connectivity index (χ0) is 20.3. The summed E-state index contributed by atoms with van der Waals surface area (Å²) in [5, 5.41) is 16.1. The van der Waals surface area contributed by atoms with E-state index in [9.17, 15) is 9.90 Å². The van der Waals surface area contributed by atoms with Gasteiger partial charge in [-0.25, -0.2) is 9.97 Å². The van der Waals surface area contributed by atoms with Crippen molar-refractivity contribution in [1.29, 1.82) is 0 Å². The van der Waals surface area contributed by atoms with Crippen LogP contribution in [-0.2, 0) is 4.79 Å². The Kier molecular flexibility index (Phi) is 5.16. The van der Waals surface area contributed by atoms with Gasteiger partial charge in [0, 0.05) is 24.6 Å². The molecular formula is C23H24N4O2. The molecule has 0 saturated heterocycles. The molecule has 0 spiro atoms. The number of carboxylic acids is 1. The SMILES string of the molecule is CCC1(C(=O)O)CC1CNc1cc(-c2ccnc(Nc3ccccc3)c2)ccn1. The van der Waals surface area contributed by atoms with Crippen molar-refractivity contribution in [2.45, 2.75) is 19.8 Å². The van der Waals surface area contributed by atoms with Crippen LogP contribution in [0.3, 0.4) is 0 Å². The second-order valence-electron chi connectivity index (χ2n) is 7.45. The lowest BCUT2D eigenvalue weighted by atomic mass is 10.0. The molecule has 0 bridgehead atoms. The number of carboxylic acid groups (broad SMARTS) is 1. The van der Waals surface area contributed by atoms with Crippen molar-refractivity contribution in [1.82, 2.24) is 9.97 Å². The summed E-state index contributed by atoms with van der Waals surface area (Å²) in [6.45, 7) is 2.56. The summed E-state index contributed by atoms with van der Waals surface area (Å²) >= 11 is 0. The van der Waals surface area contributed by atoms with Crippen molar-refractivity contribution in [3.63, 3.8) is 0 Å². The van der Waals surface area contributed by atoms with E-state index < -0.39 is 11.4 Å². The van der Waals surface area contributed by atoms with E-state index >= 15 is 0 Å². The van der Waals surface area contributed by atoms with Crippen LogP contribution >= 0.6 is 0 Å². The van der Waals surface area contributed by atoms with Crippen LogP contribution in [0.15, 0.2) is 67.0 Å². The standard InChI is InChI=1S/C23H24N4O2/c1-2-23(22(28)29)14-18(23)15-26-20-12-16(8-10-24-20)17-9-11-25-21(13-17)27-19-6-4-3-5-7-19/h3-13,18H,2,14-15H2,1H3,(H,24,26)(H,25,27)(H,28,29). The zero-order valence-corrected chi connectivity index (χ0v) is 16.3. The van der Waals surface area contributed by atoms with E-state index in [2.05, 4.69) is 20.6 Å². The molecule has 2 heterocycles. The second kappa shape index (κ2) is 7.91. The molecule has 0 radical (unpaired) electrons. The molecule has 148 valence electrons. The van der Waals surface area contributed by atoms with Gasteiger partial charge in [0.15, 0.2) is 0 Å². The van der Waals surface area contributed by atoms with Crippen LogP contribution in [0.2, 0.25) is 0 Å². The normalized spacial score (nSPS) is 20.1. The summed E-state index contributed by atoms with van der Waals surface area (Å²) in [5.74, 6) is 0.980. The molecule has 4 rings (SSSR count). The van der Waals surface area contributed by atoms with Gasteiger partial charge in [-0.05, 0) is 66.3 Å². The van der Waals surface area contributed by atoms with Crippen LogP contribution in [0.5, 0.6) is 0 Å². The maximum atomic E-state index is 11.5. The van der Waals surface area contributed by atoms with E-state index in [1.807, 2.05) is 61.5 Å². The fourth-order valence-corrected chi connectivity index (χ4v) is 3.78. The fourth-order valence-electron chi connectivity index (χ4n) is 3.78. The number of aliphatic carboxylic acids is 1. The molecule has 6 heteroatoms. The Labute approximate surface area is 170 Å². The van der Waals surface area contributed by atoms with Crippen LogP contribution in [-0.4, -0.2) is 27.6 Å². The van der Waals surface area contributed by atoms with Gasteiger partial charge in [0.05, 0.1) is 5.41 Å². The first-order valence-corrected chi connectivity index (χ1v) is 9.82. The van der Waals surface area contributed by atoms with Crippen LogP contribution in [0.1, 0.15) is 19.8 Å². The van der Waals surface area contributed by atoms with E-state index in [0.717, 1.165) is 34.9 Å². The number of benzene rings is 1. The van der Waals surface area contributed by atoms with E-state index in [1.165, 1.54) is 0 Å². The summed E-state index contributed by atoms with van der Waals surface area (Å²) in [5.41, 5.74) is 2.48. The molecule has 29 heavy (non-hydrogen) atoms. The van der Waals surface area contributed by atoms with Crippen molar-refractivity contribution in [2.75, 3.05) is 17.2 Å². The minimum Gasteiger partial charge on any atom is -0.481 e. The molecule has 6 nitrogen and oxygen atoms in total. The molecule has 1 aromatic carbocycles. The Hall–Kier alpha value is -3.41. The zero-order valence-electron chi connectivity index (χ0n) is 16.3. The van der Waals surface area contributed by atoms with Crippen molar-refractivity contribution >= 4 is 23.3 Å². The predicted octanol–water partition coefficient (Wildman–Crippen LogP) is 4.80. The Bertz CT molecular complexity index is 1010. The molecule has 3 N–H and O–H groups in total. The van der Waals surface area contributed by atoms with Gasteiger partial charge in [0.25, 0.3) is 0 Å². The summed E-state index contributed by atoms with van der Waals surface area (Å²) in [4.78, 5) is 20.3. The van der Waals surface area contributed by atoms with E-state index in [0.29, 0.717) is 13.0 Å². The highest BCUT2D eigenvalue weighted by molar-refractivity contribution is 5.78. The Morgan fingerprint density at radius 2 is 1.72 bits per heavy atom. The van der Waals surface area contributed by atoms with E-state index in [1.54, 1.807) is 12.4 Å². The third-order valence-corrected chi connectivity index (χ3v) is 5.72. The van der Waals surface area contributed by atoms with E-state index in [-0.39, 0.29) is 5.92 Å². The minimum absolute atomic E-state index is 0.151. The average Bonchev–Trinajstić information content (AvgIpc) is 3.49. The van der Waals surface area contributed by atoms with E-state index in [4.69, 9.17) is 0 Å². The van der Waals surface area contributed by atoms with Crippen molar-refractivity contribution in [3.05, 3.63) is 67.0 Å². The maximum Gasteiger partial charge on any atom is 0.309 e. The van der Waals surface area contributed by atoms with Crippen LogP contribution in [0, 0.1) is 11.3 Å². The number of hydrogen-bond donors (Lipinski definition) is 3. The summed E-state index contributed by atoms with van der Waals surface area (Å²) in [6, 6.07) is 17.8. The predicted molar refractivity (Wildman–Crippen MR) is 114 cm³/mol. The molecule has 2 unspecified atom stereocenters. The molecule has 1 aliphatic carbocycles. The highest BCUT2D eigenvalue weighted by Gasteiger charge is 2.58. The van der Waals surface area contributed by atoms with Gasteiger partial charge in [-0.1, -0.05) is 25.1 Å². The molecule has 1 fully saturated rings. The molecule has 2 aromatic heterocycles. The Morgan fingerprint density at radius 1 is 1.07 bits per heavy atom. The lowest BCUT2D eigenvalue weighted by Gasteiger charge is -2.11. The quantitative estimate of drug-likeness (QED) is 0.514. The minimum atomic E-state index is -0.691. The van der Waals surface area contributed by atoms with Crippen LogP contribution in [0.25, 0.3) is 11.1 Å². The maximum absolute atomic E-state index is 11.5. The third kappa shape index (κ3) is 4.06. The van der Waals surface area contributed by atoms with Gasteiger partial charge in [0.1, 0.15) is 11.6 Å². The van der Waals surface area contributed by atoms with Gasteiger partial charge < -0.3 is 15.7 Å². The first-order valence-electron chi connectivity index (χ1n) is 9.82. The van der Waals surface area contributed by atoms with Gasteiger partial charge in [0.2, 0.25) is 0 Å². The second-order valence-corrected chi connectivity index (χ2v) is 7.45. The Morgan fingerprint density at radius 3 is 2.34 bits per heavy atom. The first-order chi connectivity index (χ1) is 14.1. The summed E-state index contributed by atoms with van der Waals surface area (Å²) < 4.78 is 0. The van der Waals surface area contributed by atoms with Crippen molar-refractivity contribution < 1.29 is 9.90 Å². The lowest BCUT2D eigenvalue weighted by molar-refractivity contribution is -0.144. The topological polar surface area (TPSA) is 87.1 Å². The van der Waals surface area contributed by atoms with Gasteiger partial charge >= 0.3 is 5.97 Å². The highest BCUT2D eigenvalue weighted by atomic mass is 16.4. The molecule has 3 aromatic rings. The smallest absolute Gasteiger partial charge is 0.309 e. The summed E-state index contributed by atoms with van der Waals surface area (Å²) in [6.07, 6.45) is 4.93. The largest absolute Gasteiger partial charge is 0.481 e. The number of nitrogens with one attached hydrogen (secondary N) is 2. The van der Waals surface area contributed by atoms with Crippen LogP contribution < -0.4 is 10.6 Å². The molecule has 0 aliphatic heterocycles. The number of anilines is 3. The highest BCUT2D eigenvalue weighted by Crippen LogP contribution is 2.55. The van der Waals surface area contributed by atoms with Crippen molar-refractivity contribution in [2.24, 2.45) is 11.3 Å². The summed E-state index contributed by atoms with van der Waals surface area (Å²) in [7, 11) is 0. The lowest BCUT2D eigenvalue weighted by Crippen LogP contribution is -2.20. The Balaban J connectivity index is 1.45. The number of carbonyl (C=O) groups is 1. The van der Waals surface area contributed by atoms with Crippen molar-refractivity contribution in [3.8, 4) is 11.1 Å². The number of hydrogen-bond acceptors (Lipinski definition) is 5. The molecule has 1 saturated carbocycles. The van der Waals surface area contributed by atoms with Crippen LogP contribution in [0.4, 0.5) is 17.3 Å². The number of para-hydroxylation sites is 1. The molecule has 2 atom stereocenters. The average molecular weight is 388 g/mol. The third-order valence-electron chi connectivity index (χ3n) is 5.72. The number of pyridine rings is 2. The first kappa shape index (κ1) is 18.9. The molecular weight excluding hydrogens is 364 g/mol. The van der Waals surface area contributed by atoms with Gasteiger partial charge in [-0.3, -0.25) is 4.79 Å². The fraction of sp³-hybridized carbons (Fsp3) is 0.261. The van der Waals surface area contributed by atoms with Gasteiger partial charge in [-0.2, -0.15) is 0 Å². The monoisotopic (exact) mass is 388 g/mol. The molecule has 0 amide bonds. The molecule has 1 aliphatic rings. The number of rotatable bonds is 8.